The number of hydrogen-bond donors (Lipinski definition) is 0. The lowest BCUT2D eigenvalue weighted by Gasteiger charge is -2.19. The van der Waals surface area contributed by atoms with Crippen LogP contribution in [0.5, 0.6) is 0 Å². The van der Waals surface area contributed by atoms with E-state index in [9.17, 15) is 8.42 Å². The van der Waals surface area contributed by atoms with Crippen molar-refractivity contribution in [2.24, 2.45) is 0 Å². The molecule has 7 heteroatoms. The average Bonchev–Trinajstić information content (AvgIpc) is 2.95. The van der Waals surface area contributed by atoms with Crippen molar-refractivity contribution in [3.63, 3.8) is 0 Å². The topological polar surface area (TPSA) is 61.8 Å². The molecule has 4 atom stereocenters. The Kier molecular flexibility index (Phi) is 3.81. The van der Waals surface area contributed by atoms with Gasteiger partial charge in [0.25, 0.3) is 10.1 Å². The first-order valence-electron chi connectivity index (χ1n) is 6.31. The summed E-state index contributed by atoms with van der Waals surface area (Å²) >= 11 is 1.63. The van der Waals surface area contributed by atoms with Gasteiger partial charge in [-0.25, -0.2) is 0 Å². The maximum absolute atomic E-state index is 12.3. The summed E-state index contributed by atoms with van der Waals surface area (Å²) in [5.41, 5.74) is 1.00. The van der Waals surface area contributed by atoms with Gasteiger partial charge in [0.1, 0.15) is 6.10 Å². The van der Waals surface area contributed by atoms with Gasteiger partial charge in [-0.05, 0) is 19.1 Å². The number of rotatable bonds is 4. The first-order chi connectivity index (χ1) is 9.51. The first-order valence-corrected chi connectivity index (χ1v) is 8.77. The van der Waals surface area contributed by atoms with Gasteiger partial charge in [-0.15, -0.1) is 11.8 Å². The van der Waals surface area contributed by atoms with Gasteiger partial charge in [-0.3, -0.25) is 4.18 Å². The molecule has 0 radical (unpaired) electrons. The predicted octanol–water partition coefficient (Wildman–Crippen LogP) is 1.56. The van der Waals surface area contributed by atoms with E-state index in [0.29, 0.717) is 0 Å². The summed E-state index contributed by atoms with van der Waals surface area (Å²) in [5, 5.41) is -0.0924. The summed E-state index contributed by atoms with van der Waals surface area (Å²) in [4.78, 5) is 0.174. The van der Waals surface area contributed by atoms with Gasteiger partial charge in [-0.1, -0.05) is 17.7 Å². The van der Waals surface area contributed by atoms with Crippen molar-refractivity contribution in [1.29, 1.82) is 0 Å². The Morgan fingerprint density at radius 3 is 2.60 bits per heavy atom. The lowest BCUT2D eigenvalue weighted by molar-refractivity contribution is -0.112. The van der Waals surface area contributed by atoms with Gasteiger partial charge in [0.15, 0.2) is 6.29 Å². The van der Waals surface area contributed by atoms with Crippen molar-refractivity contribution in [2.45, 2.75) is 35.6 Å². The highest BCUT2D eigenvalue weighted by molar-refractivity contribution is 8.00. The Labute approximate surface area is 122 Å². The number of thioether (sulfide) groups is 1. The van der Waals surface area contributed by atoms with Crippen LogP contribution in [0.15, 0.2) is 29.2 Å². The summed E-state index contributed by atoms with van der Waals surface area (Å²) in [5.74, 6) is 0.735. The summed E-state index contributed by atoms with van der Waals surface area (Å²) in [6.07, 6.45) is -1.09. The Balaban J connectivity index is 1.79. The van der Waals surface area contributed by atoms with Crippen LogP contribution in [0.4, 0.5) is 0 Å². The van der Waals surface area contributed by atoms with Crippen molar-refractivity contribution in [2.75, 3.05) is 12.9 Å². The molecule has 2 bridgehead atoms. The highest BCUT2D eigenvalue weighted by Crippen LogP contribution is 2.43. The van der Waals surface area contributed by atoms with E-state index in [1.54, 1.807) is 43.1 Å². The van der Waals surface area contributed by atoms with Crippen LogP contribution in [0.25, 0.3) is 0 Å². The third-order valence-electron chi connectivity index (χ3n) is 3.50. The second-order valence-electron chi connectivity index (χ2n) is 4.90. The molecule has 0 aliphatic carbocycles. The van der Waals surface area contributed by atoms with Crippen LogP contribution in [-0.2, 0) is 23.8 Å². The Bertz CT molecular complexity index is 583. The summed E-state index contributed by atoms with van der Waals surface area (Å²) in [7, 11) is -2.21. The molecule has 1 aromatic carbocycles. The molecule has 2 saturated heterocycles. The minimum atomic E-state index is -3.77. The minimum Gasteiger partial charge on any atom is -0.355 e. The summed E-state index contributed by atoms with van der Waals surface area (Å²) < 4.78 is 40.7. The SMILES string of the molecule is COC1O[C@@H]2CS[C@H]1[C@H]2OS(=O)(=O)c1ccc(C)cc1. The van der Waals surface area contributed by atoms with E-state index in [1.165, 1.54) is 0 Å². The van der Waals surface area contributed by atoms with Crippen molar-refractivity contribution in [3.8, 4) is 0 Å². The largest absolute Gasteiger partial charge is 0.355 e. The molecule has 0 spiro atoms. The second-order valence-corrected chi connectivity index (χ2v) is 7.69. The molecule has 2 aliphatic rings. The van der Waals surface area contributed by atoms with Gasteiger partial charge < -0.3 is 9.47 Å². The van der Waals surface area contributed by atoms with Gasteiger partial charge in [0.2, 0.25) is 0 Å². The minimum absolute atomic E-state index is 0.0924. The molecule has 20 heavy (non-hydrogen) atoms. The van der Waals surface area contributed by atoms with Crippen molar-refractivity contribution < 1.29 is 22.1 Å². The molecule has 2 heterocycles. The normalized spacial score (nSPS) is 32.7. The quantitative estimate of drug-likeness (QED) is 0.786. The Hall–Kier alpha value is -0.600. The van der Waals surface area contributed by atoms with E-state index in [0.717, 1.165) is 11.3 Å². The van der Waals surface area contributed by atoms with Crippen LogP contribution in [0.3, 0.4) is 0 Å². The highest BCUT2D eigenvalue weighted by Gasteiger charge is 2.53. The zero-order valence-corrected chi connectivity index (χ0v) is 12.8. The van der Waals surface area contributed by atoms with Crippen LogP contribution in [0.2, 0.25) is 0 Å². The molecular weight excluding hydrogens is 300 g/mol. The van der Waals surface area contributed by atoms with Crippen LogP contribution >= 0.6 is 11.8 Å². The van der Waals surface area contributed by atoms with Crippen LogP contribution < -0.4 is 0 Å². The highest BCUT2D eigenvalue weighted by atomic mass is 32.2. The second kappa shape index (κ2) is 5.31. The number of aryl methyl sites for hydroxylation is 1. The molecule has 0 amide bonds. The molecule has 1 unspecified atom stereocenters. The predicted molar refractivity (Wildman–Crippen MR) is 75.2 cm³/mol. The molecule has 2 fully saturated rings. The van der Waals surface area contributed by atoms with Gasteiger partial charge in [0, 0.05) is 12.9 Å². The summed E-state index contributed by atoms with van der Waals surface area (Å²) in [6.45, 7) is 1.90. The Morgan fingerprint density at radius 2 is 2.00 bits per heavy atom. The fraction of sp³-hybridized carbons (Fsp3) is 0.538. The van der Waals surface area contributed by atoms with E-state index >= 15 is 0 Å². The third-order valence-corrected chi connectivity index (χ3v) is 6.22. The molecule has 5 nitrogen and oxygen atoms in total. The molecule has 2 aliphatic heterocycles. The molecular formula is C13H16O5S2. The van der Waals surface area contributed by atoms with E-state index in [1.807, 2.05) is 6.92 Å². The molecule has 110 valence electrons. The fourth-order valence-electron chi connectivity index (χ4n) is 2.42. The van der Waals surface area contributed by atoms with E-state index < -0.39 is 22.5 Å². The zero-order valence-electron chi connectivity index (χ0n) is 11.2. The molecule has 0 aromatic heterocycles. The van der Waals surface area contributed by atoms with Gasteiger partial charge in [0.05, 0.1) is 16.2 Å². The van der Waals surface area contributed by atoms with Crippen LogP contribution in [0.1, 0.15) is 5.56 Å². The van der Waals surface area contributed by atoms with Crippen LogP contribution in [0, 0.1) is 6.92 Å². The summed E-state index contributed by atoms with van der Waals surface area (Å²) in [6, 6.07) is 6.62. The lowest BCUT2D eigenvalue weighted by Crippen LogP contribution is -2.30. The molecule has 0 saturated carbocycles. The van der Waals surface area contributed by atoms with Gasteiger partial charge >= 0.3 is 0 Å². The van der Waals surface area contributed by atoms with E-state index in [2.05, 4.69) is 0 Å². The van der Waals surface area contributed by atoms with Crippen molar-refractivity contribution in [1.82, 2.24) is 0 Å². The monoisotopic (exact) mass is 316 g/mol. The lowest BCUT2D eigenvalue weighted by atomic mass is 10.2. The fourth-order valence-corrected chi connectivity index (χ4v) is 5.04. The maximum Gasteiger partial charge on any atom is 0.297 e. The number of hydrogen-bond acceptors (Lipinski definition) is 6. The van der Waals surface area contributed by atoms with E-state index in [-0.39, 0.29) is 16.2 Å². The maximum atomic E-state index is 12.3. The molecule has 0 N–H and O–H groups in total. The third kappa shape index (κ3) is 2.48. The van der Waals surface area contributed by atoms with Crippen molar-refractivity contribution >= 4 is 21.9 Å². The smallest absolute Gasteiger partial charge is 0.297 e. The first kappa shape index (κ1) is 14.3. The van der Waals surface area contributed by atoms with Crippen LogP contribution in [-0.4, -0.2) is 45.0 Å². The number of fused-ring (bicyclic) bond motifs is 2. The molecule has 1 aromatic rings. The average molecular weight is 316 g/mol. The Morgan fingerprint density at radius 1 is 1.30 bits per heavy atom. The zero-order chi connectivity index (χ0) is 14.3. The molecule has 3 rings (SSSR count). The van der Waals surface area contributed by atoms with E-state index in [4.69, 9.17) is 13.7 Å². The number of benzene rings is 1. The van der Waals surface area contributed by atoms with Crippen molar-refractivity contribution in [3.05, 3.63) is 29.8 Å². The number of methoxy groups -OCH3 is 1. The van der Waals surface area contributed by atoms with Gasteiger partial charge in [-0.2, -0.15) is 8.42 Å². The number of ether oxygens (including phenoxy) is 2. The standard InChI is InChI=1S/C13H16O5S2/c1-8-3-5-9(6-4-8)20(14,15)18-11-10-7-19-12(11)13(16-2)17-10/h3-6,10-13H,7H2,1-2H3/t10-,11+,12+,13?/m1/s1.